The van der Waals surface area contributed by atoms with E-state index >= 15 is 0 Å². The van der Waals surface area contributed by atoms with Gasteiger partial charge in [0.25, 0.3) is 5.91 Å². The van der Waals surface area contributed by atoms with Crippen molar-refractivity contribution in [3.63, 3.8) is 0 Å². The van der Waals surface area contributed by atoms with E-state index in [0.717, 1.165) is 57.5 Å². The Labute approximate surface area is 185 Å². The first-order chi connectivity index (χ1) is 14.5. The zero-order valence-corrected chi connectivity index (χ0v) is 19.5. The van der Waals surface area contributed by atoms with Gasteiger partial charge in [0.2, 0.25) is 0 Å². The molecule has 0 spiro atoms. The molecule has 2 aliphatic rings. The second-order valence-corrected chi connectivity index (χ2v) is 9.99. The normalized spacial score (nSPS) is 18.8. The Kier molecular flexibility index (Phi) is 7.12. The molecule has 7 heteroatoms. The fourth-order valence-corrected chi connectivity index (χ4v) is 4.62. The molecule has 0 unspecified atom stereocenters. The maximum atomic E-state index is 14.5. The van der Waals surface area contributed by atoms with Gasteiger partial charge in [-0.15, -0.1) is 0 Å². The molecule has 0 N–H and O–H groups in total. The summed E-state index contributed by atoms with van der Waals surface area (Å²) < 4.78 is 20.0. The topological polar surface area (TPSA) is 53.1 Å². The monoisotopic (exact) mass is 433 g/mol. The number of ether oxygens (including phenoxy) is 1. The van der Waals surface area contributed by atoms with Crippen LogP contribution in [0.5, 0.6) is 0 Å². The Balaban J connectivity index is 1.50. The first-order valence-electron chi connectivity index (χ1n) is 11.3. The average Bonchev–Trinajstić information content (AvgIpc) is 2.72. The van der Waals surface area contributed by atoms with Gasteiger partial charge in [-0.1, -0.05) is 0 Å². The molecular formula is C24H36FN3O3. The molecule has 0 saturated carbocycles. The van der Waals surface area contributed by atoms with Crippen LogP contribution in [-0.4, -0.2) is 67.7 Å². The smallest absolute Gasteiger partial charge is 0.410 e. The lowest BCUT2D eigenvalue weighted by molar-refractivity contribution is 0.0152. The second-order valence-electron chi connectivity index (χ2n) is 9.99. The predicted molar refractivity (Wildman–Crippen MR) is 120 cm³/mol. The number of benzene rings is 1. The van der Waals surface area contributed by atoms with Gasteiger partial charge in [-0.25, -0.2) is 9.18 Å². The van der Waals surface area contributed by atoms with Gasteiger partial charge >= 0.3 is 6.09 Å². The number of halogens is 1. The molecule has 2 heterocycles. The zero-order chi connectivity index (χ0) is 22.8. The Bertz CT molecular complexity index is 790. The van der Waals surface area contributed by atoms with E-state index < -0.39 is 11.4 Å². The summed E-state index contributed by atoms with van der Waals surface area (Å²) in [6.07, 6.45) is 3.95. The molecule has 0 aromatic heterocycles. The standard InChI is InChI=1S/C24H36FN3O3/c1-24(2,3)31-23(30)28-14-10-18(11-15-28)17-8-12-27(13-9-17)19-6-7-20(21(25)16-19)22(29)26(4)5/h6-7,16-18H,8-15H2,1-5H3. The van der Waals surface area contributed by atoms with Gasteiger partial charge in [-0.2, -0.15) is 0 Å². The Hall–Kier alpha value is -2.31. The van der Waals surface area contributed by atoms with Crippen molar-refractivity contribution in [2.45, 2.75) is 52.1 Å². The molecule has 2 aliphatic heterocycles. The van der Waals surface area contributed by atoms with E-state index in [1.54, 1.807) is 20.2 Å². The average molecular weight is 434 g/mol. The number of hydrogen-bond acceptors (Lipinski definition) is 4. The van der Waals surface area contributed by atoms with E-state index in [0.29, 0.717) is 11.8 Å². The third kappa shape index (κ3) is 5.89. The summed E-state index contributed by atoms with van der Waals surface area (Å²) in [5.41, 5.74) is 0.490. The molecule has 0 radical (unpaired) electrons. The third-order valence-electron chi connectivity index (χ3n) is 6.35. The first kappa shape index (κ1) is 23.4. The molecule has 2 fully saturated rings. The van der Waals surface area contributed by atoms with Crippen LogP contribution in [-0.2, 0) is 4.74 Å². The number of piperidine rings is 2. The predicted octanol–water partition coefficient (Wildman–Crippen LogP) is 4.39. The molecule has 31 heavy (non-hydrogen) atoms. The number of hydrogen-bond donors (Lipinski definition) is 0. The van der Waals surface area contributed by atoms with Gasteiger partial charge in [0.15, 0.2) is 0 Å². The number of amides is 2. The van der Waals surface area contributed by atoms with Crippen molar-refractivity contribution in [1.82, 2.24) is 9.80 Å². The quantitative estimate of drug-likeness (QED) is 0.709. The van der Waals surface area contributed by atoms with Crippen LogP contribution in [0.4, 0.5) is 14.9 Å². The van der Waals surface area contributed by atoms with E-state index in [1.165, 1.54) is 11.0 Å². The molecule has 2 saturated heterocycles. The summed E-state index contributed by atoms with van der Waals surface area (Å²) in [6, 6.07) is 4.92. The van der Waals surface area contributed by atoms with Gasteiger partial charge in [0.05, 0.1) is 5.56 Å². The molecule has 1 aromatic rings. The van der Waals surface area contributed by atoms with Crippen molar-refractivity contribution in [1.29, 1.82) is 0 Å². The summed E-state index contributed by atoms with van der Waals surface area (Å²) in [6.45, 7) is 8.97. The minimum Gasteiger partial charge on any atom is -0.444 e. The number of carbonyl (C=O) groups is 2. The van der Waals surface area contributed by atoms with E-state index in [4.69, 9.17) is 4.74 Å². The molecule has 172 valence electrons. The molecule has 3 rings (SSSR count). The fourth-order valence-electron chi connectivity index (χ4n) is 4.62. The first-order valence-corrected chi connectivity index (χ1v) is 11.3. The lowest BCUT2D eigenvalue weighted by atomic mass is 9.79. The minimum absolute atomic E-state index is 0.111. The number of anilines is 1. The van der Waals surface area contributed by atoms with Crippen LogP contribution in [0.1, 0.15) is 56.8 Å². The van der Waals surface area contributed by atoms with E-state index in [9.17, 15) is 14.0 Å². The van der Waals surface area contributed by atoms with Crippen LogP contribution in [0.15, 0.2) is 18.2 Å². The Morgan fingerprint density at radius 3 is 2.03 bits per heavy atom. The van der Waals surface area contributed by atoms with Crippen LogP contribution >= 0.6 is 0 Å². The second kappa shape index (κ2) is 9.45. The van der Waals surface area contributed by atoms with Gasteiger partial charge in [0.1, 0.15) is 11.4 Å². The van der Waals surface area contributed by atoms with Crippen molar-refractivity contribution in [2.75, 3.05) is 45.2 Å². The highest BCUT2D eigenvalue weighted by atomic mass is 19.1. The lowest BCUT2D eigenvalue weighted by Crippen LogP contribution is -2.44. The van der Waals surface area contributed by atoms with Gasteiger partial charge in [0, 0.05) is 46.0 Å². The van der Waals surface area contributed by atoms with Crippen LogP contribution < -0.4 is 4.90 Å². The summed E-state index contributed by atoms with van der Waals surface area (Å²) in [4.78, 5) is 29.7. The highest BCUT2D eigenvalue weighted by molar-refractivity contribution is 5.94. The zero-order valence-electron chi connectivity index (χ0n) is 19.5. The molecule has 0 bridgehead atoms. The number of carbonyl (C=O) groups excluding carboxylic acids is 2. The van der Waals surface area contributed by atoms with Gasteiger partial charge < -0.3 is 19.4 Å². The highest BCUT2D eigenvalue weighted by Gasteiger charge is 2.32. The van der Waals surface area contributed by atoms with Crippen molar-refractivity contribution in [3.05, 3.63) is 29.6 Å². The fraction of sp³-hybridized carbons (Fsp3) is 0.667. The molecule has 0 atom stereocenters. The largest absolute Gasteiger partial charge is 0.444 e. The molecule has 0 aliphatic carbocycles. The van der Waals surface area contributed by atoms with E-state index in [-0.39, 0.29) is 17.6 Å². The summed E-state index contributed by atoms with van der Waals surface area (Å²) in [7, 11) is 3.25. The van der Waals surface area contributed by atoms with Crippen molar-refractivity contribution >= 4 is 17.7 Å². The molecule has 1 aromatic carbocycles. The maximum absolute atomic E-state index is 14.5. The van der Waals surface area contributed by atoms with Gasteiger partial charge in [-0.05, 0) is 76.5 Å². The number of nitrogens with zero attached hydrogens (tertiary/aromatic N) is 3. The lowest BCUT2D eigenvalue weighted by Gasteiger charge is -2.41. The van der Waals surface area contributed by atoms with Crippen LogP contribution in [0, 0.1) is 17.7 Å². The van der Waals surface area contributed by atoms with Crippen molar-refractivity contribution < 1.29 is 18.7 Å². The van der Waals surface area contributed by atoms with Gasteiger partial charge in [-0.3, -0.25) is 4.79 Å². The SMILES string of the molecule is CN(C)C(=O)c1ccc(N2CCC(C3CCN(C(=O)OC(C)(C)C)CC3)CC2)cc1F. The highest BCUT2D eigenvalue weighted by Crippen LogP contribution is 2.34. The minimum atomic E-state index is -0.465. The summed E-state index contributed by atoms with van der Waals surface area (Å²) >= 11 is 0. The van der Waals surface area contributed by atoms with E-state index in [1.807, 2.05) is 31.7 Å². The molecule has 6 nitrogen and oxygen atoms in total. The van der Waals surface area contributed by atoms with Crippen molar-refractivity contribution in [2.24, 2.45) is 11.8 Å². The molecular weight excluding hydrogens is 397 g/mol. The summed E-state index contributed by atoms with van der Waals surface area (Å²) in [5.74, 6) is 0.474. The number of likely N-dealkylation sites (tertiary alicyclic amines) is 1. The third-order valence-corrected chi connectivity index (χ3v) is 6.35. The van der Waals surface area contributed by atoms with E-state index in [2.05, 4.69) is 4.90 Å². The van der Waals surface area contributed by atoms with Crippen LogP contribution in [0.2, 0.25) is 0 Å². The Morgan fingerprint density at radius 1 is 1.00 bits per heavy atom. The van der Waals surface area contributed by atoms with Crippen molar-refractivity contribution in [3.8, 4) is 0 Å². The van der Waals surface area contributed by atoms with Crippen LogP contribution in [0.3, 0.4) is 0 Å². The Morgan fingerprint density at radius 2 is 1.55 bits per heavy atom. The van der Waals surface area contributed by atoms with Crippen LogP contribution in [0.25, 0.3) is 0 Å². The number of rotatable bonds is 3. The summed E-state index contributed by atoms with van der Waals surface area (Å²) in [5, 5.41) is 0. The molecule has 2 amide bonds. The maximum Gasteiger partial charge on any atom is 0.410 e.